The van der Waals surface area contributed by atoms with Crippen LogP contribution >= 0.6 is 23.2 Å². The van der Waals surface area contributed by atoms with Gasteiger partial charge in [0.25, 0.3) is 5.91 Å². The van der Waals surface area contributed by atoms with E-state index in [0.717, 1.165) is 12.1 Å². The summed E-state index contributed by atoms with van der Waals surface area (Å²) in [6.45, 7) is 1.83. The Morgan fingerprint density at radius 1 is 1.14 bits per heavy atom. The molecule has 1 aliphatic rings. The van der Waals surface area contributed by atoms with Crippen LogP contribution in [0.15, 0.2) is 42.5 Å². The number of hydrogen-bond acceptors (Lipinski definition) is 4. The number of nitrogens with zero attached hydrogens (tertiary/aromatic N) is 1. The van der Waals surface area contributed by atoms with E-state index in [4.69, 9.17) is 27.9 Å². The van der Waals surface area contributed by atoms with Crippen LogP contribution in [0, 0.1) is 5.92 Å². The summed E-state index contributed by atoms with van der Waals surface area (Å²) in [6, 6.07) is 12.3. The summed E-state index contributed by atoms with van der Waals surface area (Å²) >= 11 is 11.8. The highest BCUT2D eigenvalue weighted by atomic mass is 35.5. The molecule has 1 atom stereocenters. The van der Waals surface area contributed by atoms with Crippen molar-refractivity contribution in [3.05, 3.63) is 58.1 Å². The third-order valence-electron chi connectivity index (χ3n) is 4.61. The van der Waals surface area contributed by atoms with Gasteiger partial charge in [-0.1, -0.05) is 42.3 Å². The molecule has 0 radical (unpaired) electrons. The highest BCUT2D eigenvalue weighted by Crippen LogP contribution is 2.26. The van der Waals surface area contributed by atoms with Gasteiger partial charge < -0.3 is 15.0 Å². The molecule has 0 spiro atoms. The highest BCUT2D eigenvalue weighted by molar-refractivity contribution is 6.35. The third kappa shape index (κ3) is 5.49. The largest absolute Gasteiger partial charge is 0.455 e. The molecule has 1 aliphatic heterocycles. The summed E-state index contributed by atoms with van der Waals surface area (Å²) < 4.78 is 5.09. The van der Waals surface area contributed by atoms with Crippen LogP contribution in [0.1, 0.15) is 18.9 Å². The topological polar surface area (TPSA) is 75.7 Å². The molecule has 1 saturated heterocycles. The first-order chi connectivity index (χ1) is 13.9. The lowest BCUT2D eigenvalue weighted by Crippen LogP contribution is -2.28. The second-order valence-electron chi connectivity index (χ2n) is 6.74. The number of aryl methyl sites for hydroxylation is 1. The van der Waals surface area contributed by atoms with Gasteiger partial charge >= 0.3 is 5.97 Å². The molecular formula is C21H20Cl2N2O4. The standard InChI is InChI=1S/C21H20Cl2N2O4/c1-2-13-3-5-18(6-4-13)25-11-14(7-20(25)27)21(28)29-12-19(26)24-17-9-15(22)8-16(23)10-17/h3-6,8-10,14H,2,7,11-12H2,1H3,(H,24,26)/t14-/m0/s1. The van der Waals surface area contributed by atoms with Crippen molar-refractivity contribution in [3.8, 4) is 0 Å². The van der Waals surface area contributed by atoms with Crippen LogP contribution in [0.25, 0.3) is 0 Å². The molecule has 0 bridgehead atoms. The Morgan fingerprint density at radius 2 is 1.79 bits per heavy atom. The molecule has 2 aromatic carbocycles. The summed E-state index contributed by atoms with van der Waals surface area (Å²) in [7, 11) is 0. The van der Waals surface area contributed by atoms with Crippen LogP contribution in [-0.4, -0.2) is 30.9 Å². The average molecular weight is 435 g/mol. The molecule has 0 aromatic heterocycles. The number of esters is 1. The summed E-state index contributed by atoms with van der Waals surface area (Å²) in [5.74, 6) is -1.85. The number of carbonyl (C=O) groups is 3. The van der Waals surface area contributed by atoms with Crippen molar-refractivity contribution < 1.29 is 19.1 Å². The van der Waals surface area contributed by atoms with E-state index in [-0.39, 0.29) is 18.9 Å². The zero-order chi connectivity index (χ0) is 21.0. The quantitative estimate of drug-likeness (QED) is 0.694. The van der Waals surface area contributed by atoms with Gasteiger partial charge in [0.1, 0.15) is 0 Å². The fraction of sp³-hybridized carbons (Fsp3) is 0.286. The molecule has 2 amide bonds. The minimum atomic E-state index is -0.609. The molecule has 29 heavy (non-hydrogen) atoms. The number of rotatable bonds is 6. The number of anilines is 2. The lowest BCUT2D eigenvalue weighted by atomic mass is 10.1. The SMILES string of the molecule is CCc1ccc(N2C[C@@H](C(=O)OCC(=O)Nc3cc(Cl)cc(Cl)c3)CC2=O)cc1. The van der Waals surface area contributed by atoms with E-state index in [9.17, 15) is 14.4 Å². The molecule has 0 saturated carbocycles. The Balaban J connectivity index is 1.52. The fourth-order valence-corrected chi connectivity index (χ4v) is 3.63. The van der Waals surface area contributed by atoms with Crippen LogP contribution < -0.4 is 10.2 Å². The maximum Gasteiger partial charge on any atom is 0.311 e. The van der Waals surface area contributed by atoms with E-state index in [2.05, 4.69) is 12.2 Å². The minimum Gasteiger partial charge on any atom is -0.455 e. The van der Waals surface area contributed by atoms with Crippen molar-refractivity contribution >= 4 is 52.4 Å². The molecule has 2 aromatic rings. The summed E-state index contributed by atoms with van der Waals surface area (Å²) in [5.41, 5.74) is 2.32. The van der Waals surface area contributed by atoms with E-state index >= 15 is 0 Å². The van der Waals surface area contributed by atoms with Gasteiger partial charge in [0.15, 0.2) is 6.61 Å². The number of hydrogen-bond donors (Lipinski definition) is 1. The zero-order valence-electron chi connectivity index (χ0n) is 15.8. The molecule has 1 N–H and O–H groups in total. The fourth-order valence-electron chi connectivity index (χ4n) is 3.10. The average Bonchev–Trinajstić information content (AvgIpc) is 3.07. The first-order valence-corrected chi connectivity index (χ1v) is 9.93. The van der Waals surface area contributed by atoms with Gasteiger partial charge in [-0.05, 0) is 42.3 Å². The van der Waals surface area contributed by atoms with E-state index in [1.807, 2.05) is 24.3 Å². The van der Waals surface area contributed by atoms with Gasteiger partial charge in [0.05, 0.1) is 5.92 Å². The second kappa shape index (κ2) is 9.29. The Labute approximate surface area is 178 Å². The number of carbonyl (C=O) groups excluding carboxylic acids is 3. The van der Waals surface area contributed by atoms with E-state index in [1.54, 1.807) is 4.90 Å². The highest BCUT2D eigenvalue weighted by Gasteiger charge is 2.36. The van der Waals surface area contributed by atoms with Crippen molar-refractivity contribution in [1.82, 2.24) is 0 Å². The molecule has 0 unspecified atom stereocenters. The molecule has 1 heterocycles. The van der Waals surface area contributed by atoms with Crippen molar-refractivity contribution in [1.29, 1.82) is 0 Å². The Morgan fingerprint density at radius 3 is 2.41 bits per heavy atom. The maximum absolute atomic E-state index is 12.3. The third-order valence-corrected chi connectivity index (χ3v) is 5.04. The predicted octanol–water partition coefficient (Wildman–Crippen LogP) is 4.09. The van der Waals surface area contributed by atoms with Crippen LogP contribution in [-0.2, 0) is 25.5 Å². The van der Waals surface area contributed by atoms with Gasteiger partial charge in [0.2, 0.25) is 5.91 Å². The van der Waals surface area contributed by atoms with Crippen molar-refractivity contribution in [2.75, 3.05) is 23.4 Å². The van der Waals surface area contributed by atoms with Gasteiger partial charge in [-0.15, -0.1) is 0 Å². The number of halogens is 2. The minimum absolute atomic E-state index is 0.0554. The lowest BCUT2D eigenvalue weighted by molar-refractivity contribution is -0.151. The molecule has 0 aliphatic carbocycles. The Bertz CT molecular complexity index is 911. The Hall–Kier alpha value is -2.57. The normalized spacial score (nSPS) is 16.0. The maximum atomic E-state index is 12.3. The van der Waals surface area contributed by atoms with Crippen LogP contribution in [0.4, 0.5) is 11.4 Å². The molecule has 1 fully saturated rings. The van der Waals surface area contributed by atoms with E-state index in [0.29, 0.717) is 15.7 Å². The summed E-state index contributed by atoms with van der Waals surface area (Å²) in [4.78, 5) is 38.2. The number of ether oxygens (including phenoxy) is 1. The molecule has 6 nitrogen and oxygen atoms in total. The van der Waals surface area contributed by atoms with E-state index < -0.39 is 24.4 Å². The van der Waals surface area contributed by atoms with Crippen molar-refractivity contribution in [2.24, 2.45) is 5.92 Å². The van der Waals surface area contributed by atoms with Gasteiger partial charge in [-0.2, -0.15) is 0 Å². The van der Waals surface area contributed by atoms with Crippen LogP contribution in [0.3, 0.4) is 0 Å². The summed E-state index contributed by atoms with van der Waals surface area (Å²) in [5, 5.41) is 3.31. The lowest BCUT2D eigenvalue weighted by Gasteiger charge is -2.17. The molecule has 8 heteroatoms. The first-order valence-electron chi connectivity index (χ1n) is 9.17. The number of nitrogens with one attached hydrogen (secondary N) is 1. The van der Waals surface area contributed by atoms with Crippen molar-refractivity contribution in [3.63, 3.8) is 0 Å². The Kier molecular flexibility index (Phi) is 6.77. The molecule has 152 valence electrons. The number of amides is 2. The number of benzene rings is 2. The van der Waals surface area contributed by atoms with Gasteiger partial charge in [0, 0.05) is 34.4 Å². The predicted molar refractivity (Wildman–Crippen MR) is 112 cm³/mol. The molecular weight excluding hydrogens is 415 g/mol. The zero-order valence-corrected chi connectivity index (χ0v) is 17.3. The first kappa shape index (κ1) is 21.1. The molecule has 3 rings (SSSR count). The van der Waals surface area contributed by atoms with E-state index in [1.165, 1.54) is 23.8 Å². The van der Waals surface area contributed by atoms with Crippen LogP contribution in [0.5, 0.6) is 0 Å². The van der Waals surface area contributed by atoms with Gasteiger partial charge in [-0.3, -0.25) is 14.4 Å². The van der Waals surface area contributed by atoms with Crippen molar-refractivity contribution in [2.45, 2.75) is 19.8 Å². The smallest absolute Gasteiger partial charge is 0.311 e. The summed E-state index contributed by atoms with van der Waals surface area (Å²) in [6.07, 6.45) is 0.965. The second-order valence-corrected chi connectivity index (χ2v) is 7.61. The van der Waals surface area contributed by atoms with Crippen LogP contribution in [0.2, 0.25) is 10.0 Å². The van der Waals surface area contributed by atoms with Gasteiger partial charge in [-0.25, -0.2) is 0 Å². The monoisotopic (exact) mass is 434 g/mol.